The van der Waals surface area contributed by atoms with Crippen molar-refractivity contribution in [2.75, 3.05) is 11.9 Å². The van der Waals surface area contributed by atoms with E-state index in [-0.39, 0.29) is 5.82 Å². The molecule has 9 heteroatoms. The lowest BCUT2D eigenvalue weighted by atomic mass is 10.0. The number of benzene rings is 1. The zero-order valence-corrected chi connectivity index (χ0v) is 15.8. The monoisotopic (exact) mass is 401 g/mol. The van der Waals surface area contributed by atoms with Crippen molar-refractivity contribution in [3.8, 4) is 16.9 Å². The van der Waals surface area contributed by atoms with Gasteiger partial charge in [-0.05, 0) is 24.3 Å². The first kappa shape index (κ1) is 16.9. The Hall–Kier alpha value is -4.01. The molecule has 1 aromatic carbocycles. The molecule has 0 saturated carbocycles. The van der Waals surface area contributed by atoms with E-state index in [2.05, 4.69) is 25.5 Å². The number of aromatic nitrogens is 6. The van der Waals surface area contributed by atoms with Crippen LogP contribution in [-0.2, 0) is 13.0 Å². The van der Waals surface area contributed by atoms with Gasteiger partial charge in [0.25, 0.3) is 0 Å². The SMILES string of the molecule is Fc1ccc2c(c1CNc1ncc(-c3ccc4nccn4c3)c3nncn13)CCO2. The maximum Gasteiger partial charge on any atom is 0.210 e. The van der Waals surface area contributed by atoms with Crippen molar-refractivity contribution in [2.24, 2.45) is 0 Å². The molecule has 0 aliphatic carbocycles. The second kappa shape index (κ2) is 6.51. The van der Waals surface area contributed by atoms with Gasteiger partial charge < -0.3 is 14.5 Å². The third-order valence-electron chi connectivity index (χ3n) is 5.40. The number of ether oxygens (including phenoxy) is 1. The first-order valence-electron chi connectivity index (χ1n) is 9.57. The molecule has 30 heavy (non-hydrogen) atoms. The number of halogens is 1. The summed E-state index contributed by atoms with van der Waals surface area (Å²) in [5, 5.41) is 11.5. The van der Waals surface area contributed by atoms with E-state index in [9.17, 15) is 4.39 Å². The number of pyridine rings is 1. The zero-order chi connectivity index (χ0) is 20.1. The molecule has 148 valence electrons. The standard InChI is InChI=1S/C21H16FN7O/c22-17-2-3-18-14(5-8-30-18)16(17)10-25-21-24-9-15(20-27-26-12-29(20)21)13-1-4-19-23-6-7-28(19)11-13/h1-4,6-7,9,11-12H,5,8,10H2,(H,24,25). The lowest BCUT2D eigenvalue weighted by molar-refractivity contribution is 0.356. The molecule has 0 amide bonds. The molecule has 0 fully saturated rings. The van der Waals surface area contributed by atoms with Crippen LogP contribution in [0.1, 0.15) is 11.1 Å². The minimum Gasteiger partial charge on any atom is -0.493 e. The Kier molecular flexibility index (Phi) is 3.67. The van der Waals surface area contributed by atoms with Gasteiger partial charge in [0.15, 0.2) is 5.65 Å². The maximum atomic E-state index is 14.4. The van der Waals surface area contributed by atoms with Crippen LogP contribution in [0.25, 0.3) is 22.4 Å². The van der Waals surface area contributed by atoms with Gasteiger partial charge in [-0.2, -0.15) is 0 Å². The fourth-order valence-electron chi connectivity index (χ4n) is 3.91. The van der Waals surface area contributed by atoms with E-state index < -0.39 is 0 Å². The summed E-state index contributed by atoms with van der Waals surface area (Å²) in [7, 11) is 0. The molecule has 6 rings (SSSR count). The third kappa shape index (κ3) is 2.59. The van der Waals surface area contributed by atoms with E-state index in [0.29, 0.717) is 36.7 Å². The van der Waals surface area contributed by atoms with E-state index in [1.807, 2.05) is 28.9 Å². The Morgan fingerprint density at radius 2 is 2.13 bits per heavy atom. The van der Waals surface area contributed by atoms with Crippen LogP contribution in [0, 0.1) is 5.82 Å². The van der Waals surface area contributed by atoms with Crippen LogP contribution in [0.2, 0.25) is 0 Å². The summed E-state index contributed by atoms with van der Waals surface area (Å²) in [6.45, 7) is 0.870. The molecule has 0 atom stereocenters. The molecule has 0 spiro atoms. The van der Waals surface area contributed by atoms with Crippen LogP contribution < -0.4 is 10.1 Å². The number of hydrogen-bond acceptors (Lipinski definition) is 6. The summed E-state index contributed by atoms with van der Waals surface area (Å²) in [4.78, 5) is 8.82. The Morgan fingerprint density at radius 3 is 3.10 bits per heavy atom. The average molecular weight is 401 g/mol. The lowest BCUT2D eigenvalue weighted by Crippen LogP contribution is -2.09. The number of hydrogen-bond donors (Lipinski definition) is 1. The van der Waals surface area contributed by atoms with Gasteiger partial charge >= 0.3 is 0 Å². The Labute approximate surface area is 170 Å². The van der Waals surface area contributed by atoms with Gasteiger partial charge in [-0.15, -0.1) is 10.2 Å². The summed E-state index contributed by atoms with van der Waals surface area (Å²) in [6.07, 6.45) is 9.67. The Morgan fingerprint density at radius 1 is 1.17 bits per heavy atom. The van der Waals surface area contributed by atoms with E-state index in [0.717, 1.165) is 28.1 Å². The molecule has 1 aliphatic heterocycles. The average Bonchev–Trinajstić information content (AvgIpc) is 3.52. The highest BCUT2D eigenvalue weighted by atomic mass is 19.1. The fraction of sp³-hybridized carbons (Fsp3) is 0.143. The number of nitrogens with one attached hydrogen (secondary N) is 1. The molecule has 0 saturated heterocycles. The largest absolute Gasteiger partial charge is 0.493 e. The number of anilines is 1. The number of fused-ring (bicyclic) bond motifs is 3. The predicted molar refractivity (Wildman–Crippen MR) is 108 cm³/mol. The van der Waals surface area contributed by atoms with Crippen LogP contribution in [0.3, 0.4) is 0 Å². The summed E-state index contributed by atoms with van der Waals surface area (Å²) in [5.74, 6) is 1.04. The molecular formula is C21H16FN7O. The van der Waals surface area contributed by atoms with Crippen molar-refractivity contribution in [2.45, 2.75) is 13.0 Å². The molecule has 8 nitrogen and oxygen atoms in total. The lowest BCUT2D eigenvalue weighted by Gasteiger charge is -2.12. The predicted octanol–water partition coefficient (Wildman–Crippen LogP) is 3.13. The van der Waals surface area contributed by atoms with Crippen LogP contribution in [0.5, 0.6) is 5.75 Å². The minimum atomic E-state index is -0.253. The fourth-order valence-corrected chi connectivity index (χ4v) is 3.91. The van der Waals surface area contributed by atoms with E-state index in [1.54, 1.807) is 29.2 Å². The summed E-state index contributed by atoms with van der Waals surface area (Å²) >= 11 is 0. The van der Waals surface area contributed by atoms with E-state index in [1.165, 1.54) is 6.07 Å². The number of imidazole rings is 1. The van der Waals surface area contributed by atoms with Gasteiger partial charge in [-0.25, -0.2) is 14.4 Å². The van der Waals surface area contributed by atoms with Crippen molar-refractivity contribution in [1.82, 2.24) is 29.0 Å². The maximum absolute atomic E-state index is 14.4. The first-order chi connectivity index (χ1) is 14.8. The summed E-state index contributed by atoms with van der Waals surface area (Å²) in [5.41, 5.74) is 4.82. The summed E-state index contributed by atoms with van der Waals surface area (Å²) in [6, 6.07) is 7.04. The molecule has 0 bridgehead atoms. The second-order valence-corrected chi connectivity index (χ2v) is 7.09. The van der Waals surface area contributed by atoms with Crippen LogP contribution >= 0.6 is 0 Å². The number of nitrogens with zero attached hydrogens (tertiary/aromatic N) is 6. The number of rotatable bonds is 4. The smallest absolute Gasteiger partial charge is 0.210 e. The summed E-state index contributed by atoms with van der Waals surface area (Å²) < 4.78 is 23.7. The molecule has 0 radical (unpaired) electrons. The van der Waals surface area contributed by atoms with E-state index in [4.69, 9.17) is 4.74 Å². The molecule has 0 unspecified atom stereocenters. The minimum absolute atomic E-state index is 0.253. The van der Waals surface area contributed by atoms with Crippen molar-refractivity contribution < 1.29 is 9.13 Å². The van der Waals surface area contributed by atoms with Gasteiger partial charge in [0.2, 0.25) is 5.95 Å². The highest BCUT2D eigenvalue weighted by Gasteiger charge is 2.20. The molecular weight excluding hydrogens is 385 g/mol. The molecule has 1 aliphatic rings. The van der Waals surface area contributed by atoms with Gasteiger partial charge in [-0.1, -0.05) is 0 Å². The van der Waals surface area contributed by atoms with Gasteiger partial charge in [0.05, 0.1) is 6.61 Å². The van der Waals surface area contributed by atoms with Crippen molar-refractivity contribution in [3.05, 3.63) is 72.3 Å². The van der Waals surface area contributed by atoms with Gasteiger partial charge in [0.1, 0.15) is 23.5 Å². The highest BCUT2D eigenvalue weighted by molar-refractivity contribution is 5.77. The second-order valence-electron chi connectivity index (χ2n) is 7.09. The van der Waals surface area contributed by atoms with Crippen LogP contribution in [-0.4, -0.2) is 35.6 Å². The van der Waals surface area contributed by atoms with Gasteiger partial charge in [-0.3, -0.25) is 4.40 Å². The van der Waals surface area contributed by atoms with E-state index >= 15 is 0 Å². The molecule has 1 N–H and O–H groups in total. The van der Waals surface area contributed by atoms with Crippen molar-refractivity contribution in [3.63, 3.8) is 0 Å². The Bertz CT molecular complexity index is 1410. The quantitative estimate of drug-likeness (QED) is 0.498. The molecule has 4 aromatic heterocycles. The molecule has 5 aromatic rings. The third-order valence-corrected chi connectivity index (χ3v) is 5.40. The zero-order valence-electron chi connectivity index (χ0n) is 15.8. The first-order valence-corrected chi connectivity index (χ1v) is 9.57. The molecule has 5 heterocycles. The van der Waals surface area contributed by atoms with Gasteiger partial charge in [0, 0.05) is 60.0 Å². The van der Waals surface area contributed by atoms with Crippen LogP contribution in [0.4, 0.5) is 10.3 Å². The topological polar surface area (TPSA) is 81.6 Å². The highest BCUT2D eigenvalue weighted by Crippen LogP contribution is 2.31. The van der Waals surface area contributed by atoms with Crippen LogP contribution in [0.15, 0.2) is 55.4 Å². The van der Waals surface area contributed by atoms with Crippen molar-refractivity contribution in [1.29, 1.82) is 0 Å². The van der Waals surface area contributed by atoms with Crippen molar-refractivity contribution >= 4 is 17.2 Å². The normalized spacial score (nSPS) is 13.0. The Balaban J connectivity index is 1.36.